The summed E-state index contributed by atoms with van der Waals surface area (Å²) < 4.78 is 26.8. The molecule has 1 aromatic heterocycles. The second-order valence-corrected chi connectivity index (χ2v) is 6.84. The van der Waals surface area contributed by atoms with Crippen molar-refractivity contribution in [2.75, 3.05) is 13.1 Å². The Morgan fingerprint density at radius 3 is 2.33 bits per heavy atom. The number of hydrogen-bond acceptors (Lipinski definition) is 4. The van der Waals surface area contributed by atoms with Crippen LogP contribution in [0.1, 0.15) is 49.8 Å². The lowest BCUT2D eigenvalue weighted by Crippen LogP contribution is -2.36. The molecule has 1 aromatic rings. The maximum absolute atomic E-state index is 12.7. The van der Waals surface area contributed by atoms with Gasteiger partial charge in [-0.3, -0.25) is 5.10 Å². The zero-order valence-electron chi connectivity index (χ0n) is 12.9. The van der Waals surface area contributed by atoms with Crippen molar-refractivity contribution in [2.24, 2.45) is 5.92 Å². The Bertz CT molecular complexity index is 591. The van der Waals surface area contributed by atoms with Crippen molar-refractivity contribution in [1.29, 1.82) is 0 Å². The molecule has 0 saturated carbocycles. The fraction of sp³-hybridized carbons (Fsp3) is 0.692. The molecule has 0 unspecified atom stereocenters. The number of carboxylic acid groups (broad SMARTS) is 1. The van der Waals surface area contributed by atoms with Crippen molar-refractivity contribution in [2.45, 2.75) is 45.4 Å². The molecule has 0 aliphatic heterocycles. The number of rotatable bonds is 8. The van der Waals surface area contributed by atoms with Crippen LogP contribution >= 0.6 is 0 Å². The number of nitrogens with one attached hydrogen (secondary N) is 1. The van der Waals surface area contributed by atoms with Gasteiger partial charge in [0.05, 0.1) is 5.69 Å². The first-order valence-electron chi connectivity index (χ1n) is 7.07. The minimum absolute atomic E-state index is 0.234. The predicted octanol–water partition coefficient (Wildman–Crippen LogP) is 1.86. The lowest BCUT2D eigenvalue weighted by Gasteiger charge is -2.24. The molecule has 0 amide bonds. The topological polar surface area (TPSA) is 103 Å². The van der Waals surface area contributed by atoms with Crippen LogP contribution in [-0.2, 0) is 10.0 Å². The summed E-state index contributed by atoms with van der Waals surface area (Å²) in [6.07, 6.45) is 1.75. The fourth-order valence-electron chi connectivity index (χ4n) is 2.24. The van der Waals surface area contributed by atoms with Gasteiger partial charge < -0.3 is 5.11 Å². The van der Waals surface area contributed by atoms with Gasteiger partial charge in [-0.15, -0.1) is 0 Å². The van der Waals surface area contributed by atoms with Crippen molar-refractivity contribution in [3.05, 3.63) is 11.4 Å². The van der Waals surface area contributed by atoms with E-state index in [0.717, 1.165) is 12.8 Å². The normalized spacial score (nSPS) is 12.3. The number of carbonyl (C=O) groups is 1. The lowest BCUT2D eigenvalue weighted by atomic mass is 10.0. The van der Waals surface area contributed by atoms with E-state index in [0.29, 0.717) is 13.1 Å². The van der Waals surface area contributed by atoms with E-state index in [9.17, 15) is 13.2 Å². The van der Waals surface area contributed by atoms with Gasteiger partial charge in [0.15, 0.2) is 5.69 Å². The second kappa shape index (κ2) is 7.04. The third-order valence-corrected chi connectivity index (χ3v) is 5.76. The van der Waals surface area contributed by atoms with Crippen LogP contribution in [0.4, 0.5) is 0 Å². The van der Waals surface area contributed by atoms with Crippen molar-refractivity contribution in [1.82, 2.24) is 14.5 Å². The van der Waals surface area contributed by atoms with E-state index in [1.54, 1.807) is 6.92 Å². The van der Waals surface area contributed by atoms with Crippen LogP contribution in [-0.4, -0.2) is 47.1 Å². The molecule has 0 spiro atoms. The first kappa shape index (κ1) is 17.6. The Labute approximate surface area is 125 Å². The van der Waals surface area contributed by atoms with Crippen LogP contribution in [0, 0.1) is 12.8 Å². The first-order chi connectivity index (χ1) is 9.79. The van der Waals surface area contributed by atoms with Crippen molar-refractivity contribution >= 4 is 16.0 Å². The zero-order valence-corrected chi connectivity index (χ0v) is 13.7. The number of aryl methyl sites for hydroxylation is 1. The third-order valence-electron chi connectivity index (χ3n) is 3.66. The highest BCUT2D eigenvalue weighted by Gasteiger charge is 2.33. The van der Waals surface area contributed by atoms with E-state index in [1.807, 2.05) is 13.8 Å². The average molecular weight is 317 g/mol. The van der Waals surface area contributed by atoms with Crippen LogP contribution in [0.5, 0.6) is 0 Å². The van der Waals surface area contributed by atoms with Crippen LogP contribution in [0.3, 0.4) is 0 Å². The molecule has 0 aliphatic carbocycles. The molecule has 8 heteroatoms. The van der Waals surface area contributed by atoms with Crippen molar-refractivity contribution < 1.29 is 18.3 Å². The number of sulfonamides is 1. The molecule has 0 fully saturated rings. The molecular formula is C13H23N3O4S. The maximum atomic E-state index is 12.7. The summed E-state index contributed by atoms with van der Waals surface area (Å²) in [5.74, 6) is -1.10. The molecule has 0 aliphatic rings. The largest absolute Gasteiger partial charge is 0.476 e. The lowest BCUT2D eigenvalue weighted by molar-refractivity contribution is 0.0686. The summed E-state index contributed by atoms with van der Waals surface area (Å²) >= 11 is 0. The summed E-state index contributed by atoms with van der Waals surface area (Å²) in [6, 6.07) is 0. The zero-order chi connectivity index (χ0) is 16.2. The summed E-state index contributed by atoms with van der Waals surface area (Å²) in [6.45, 7) is 7.96. The minimum Gasteiger partial charge on any atom is -0.476 e. The highest BCUT2D eigenvalue weighted by atomic mass is 32.2. The number of aromatic nitrogens is 2. The average Bonchev–Trinajstić information content (AvgIpc) is 2.82. The highest BCUT2D eigenvalue weighted by molar-refractivity contribution is 7.89. The molecule has 0 aromatic carbocycles. The fourth-order valence-corrected chi connectivity index (χ4v) is 4.06. The molecule has 7 nitrogen and oxygen atoms in total. The van der Waals surface area contributed by atoms with E-state index < -0.39 is 21.7 Å². The van der Waals surface area contributed by atoms with Gasteiger partial charge in [-0.2, -0.15) is 9.40 Å². The third kappa shape index (κ3) is 3.62. The Morgan fingerprint density at radius 1 is 1.33 bits per heavy atom. The summed E-state index contributed by atoms with van der Waals surface area (Å²) in [5.41, 5.74) is -0.203. The second-order valence-electron chi connectivity index (χ2n) is 4.97. The van der Waals surface area contributed by atoms with Gasteiger partial charge in [0, 0.05) is 13.1 Å². The van der Waals surface area contributed by atoms with Gasteiger partial charge in [-0.05, 0) is 12.8 Å². The first-order valence-corrected chi connectivity index (χ1v) is 8.51. The van der Waals surface area contributed by atoms with Crippen molar-refractivity contribution in [3.8, 4) is 0 Å². The van der Waals surface area contributed by atoms with Gasteiger partial charge >= 0.3 is 5.97 Å². The smallest absolute Gasteiger partial charge is 0.357 e. The Morgan fingerprint density at radius 2 is 1.90 bits per heavy atom. The molecule has 1 heterocycles. The molecular weight excluding hydrogens is 294 g/mol. The van der Waals surface area contributed by atoms with E-state index in [1.165, 1.54) is 11.2 Å². The molecule has 21 heavy (non-hydrogen) atoms. The van der Waals surface area contributed by atoms with E-state index >= 15 is 0 Å². The van der Waals surface area contributed by atoms with E-state index in [2.05, 4.69) is 10.2 Å². The molecule has 1 rings (SSSR count). The molecule has 120 valence electrons. The predicted molar refractivity (Wildman–Crippen MR) is 78.8 cm³/mol. The number of carboxylic acids is 1. The van der Waals surface area contributed by atoms with Gasteiger partial charge in [0.25, 0.3) is 0 Å². The summed E-state index contributed by atoms with van der Waals surface area (Å²) in [4.78, 5) is 10.9. The van der Waals surface area contributed by atoms with E-state index in [-0.39, 0.29) is 16.5 Å². The Hall–Kier alpha value is -1.41. The summed E-state index contributed by atoms with van der Waals surface area (Å²) in [7, 11) is -3.87. The molecule has 2 N–H and O–H groups in total. The Kier molecular flexibility index (Phi) is 5.91. The van der Waals surface area contributed by atoms with Crippen molar-refractivity contribution in [3.63, 3.8) is 0 Å². The monoisotopic (exact) mass is 317 g/mol. The molecule has 0 bridgehead atoms. The van der Waals surface area contributed by atoms with Gasteiger partial charge in [-0.1, -0.05) is 33.6 Å². The number of nitrogens with zero attached hydrogens (tertiary/aromatic N) is 2. The van der Waals surface area contributed by atoms with Crippen LogP contribution in [0.2, 0.25) is 0 Å². The quantitative estimate of drug-likeness (QED) is 0.761. The van der Waals surface area contributed by atoms with E-state index in [4.69, 9.17) is 5.11 Å². The molecule has 0 saturated heterocycles. The van der Waals surface area contributed by atoms with Gasteiger partial charge in [0.2, 0.25) is 10.0 Å². The molecule has 0 radical (unpaired) electrons. The SMILES string of the molecule is CCC(CC)CN(CC)S(=O)(=O)c1c(C(=O)O)n[nH]c1C. The van der Waals surface area contributed by atoms with Crippen LogP contribution in [0.15, 0.2) is 4.90 Å². The van der Waals surface area contributed by atoms with Gasteiger partial charge in [0.1, 0.15) is 4.90 Å². The van der Waals surface area contributed by atoms with Crippen LogP contribution in [0.25, 0.3) is 0 Å². The minimum atomic E-state index is -3.87. The van der Waals surface area contributed by atoms with Crippen LogP contribution < -0.4 is 0 Å². The number of aromatic amines is 1. The number of H-pyrrole nitrogens is 1. The molecule has 0 atom stereocenters. The van der Waals surface area contributed by atoms with Gasteiger partial charge in [-0.25, -0.2) is 13.2 Å². The maximum Gasteiger partial charge on any atom is 0.357 e. The number of hydrogen-bond donors (Lipinski definition) is 2. The highest BCUT2D eigenvalue weighted by Crippen LogP contribution is 2.24. The Balaban J connectivity index is 3.25. The number of aromatic carboxylic acids is 1. The summed E-state index contributed by atoms with van der Waals surface area (Å²) in [5, 5.41) is 15.1. The standard InChI is InChI=1S/C13H23N3O4S/c1-5-10(6-2)8-16(7-3)21(19,20)12-9(4)14-15-11(12)13(17)18/h10H,5-8H2,1-4H3,(H,14,15)(H,17,18).